The maximum absolute atomic E-state index is 3.57. The van der Waals surface area contributed by atoms with Gasteiger partial charge < -0.3 is 5.32 Å². The van der Waals surface area contributed by atoms with Crippen molar-refractivity contribution in [2.24, 2.45) is 11.8 Å². The summed E-state index contributed by atoms with van der Waals surface area (Å²) in [5.41, 5.74) is 4.42. The Morgan fingerprint density at radius 3 is 2.89 bits per heavy atom. The minimum absolute atomic E-state index is 0.778. The zero-order chi connectivity index (χ0) is 13.4. The van der Waals surface area contributed by atoms with Crippen LogP contribution in [0.1, 0.15) is 30.0 Å². The fraction of sp³-hybridized carbons (Fsp3) is 0.647. The van der Waals surface area contributed by atoms with Crippen molar-refractivity contribution in [1.29, 1.82) is 0 Å². The third-order valence-electron chi connectivity index (χ3n) is 5.33. The Morgan fingerprint density at radius 1 is 1.26 bits per heavy atom. The van der Waals surface area contributed by atoms with Crippen molar-refractivity contribution < 1.29 is 0 Å². The quantitative estimate of drug-likeness (QED) is 0.897. The average molecular weight is 258 g/mol. The van der Waals surface area contributed by atoms with Crippen LogP contribution in [0.15, 0.2) is 18.2 Å². The van der Waals surface area contributed by atoms with Crippen LogP contribution in [0.25, 0.3) is 0 Å². The van der Waals surface area contributed by atoms with Crippen LogP contribution >= 0.6 is 0 Å². The van der Waals surface area contributed by atoms with Gasteiger partial charge in [-0.2, -0.15) is 0 Å². The summed E-state index contributed by atoms with van der Waals surface area (Å²) >= 11 is 0. The zero-order valence-corrected chi connectivity index (χ0v) is 12.4. The first kappa shape index (κ1) is 13.1. The maximum Gasteiger partial charge on any atom is 0.0239 e. The first-order valence-corrected chi connectivity index (χ1v) is 7.70. The molecule has 2 saturated heterocycles. The Kier molecular flexibility index (Phi) is 3.64. The Labute approximate surface area is 117 Å². The average Bonchev–Trinajstić information content (AvgIpc) is 2.95. The van der Waals surface area contributed by atoms with Gasteiger partial charge in [0.05, 0.1) is 0 Å². The van der Waals surface area contributed by atoms with Gasteiger partial charge in [0.1, 0.15) is 0 Å². The molecule has 1 aromatic carbocycles. The number of hydrogen-bond acceptors (Lipinski definition) is 2. The molecule has 0 saturated carbocycles. The van der Waals surface area contributed by atoms with Crippen LogP contribution in [-0.2, 0) is 6.54 Å². The number of benzene rings is 1. The topological polar surface area (TPSA) is 15.3 Å². The van der Waals surface area contributed by atoms with Crippen LogP contribution in [0.5, 0.6) is 0 Å². The molecule has 0 aromatic heterocycles. The monoisotopic (exact) mass is 258 g/mol. The standard InChI is InChI=1S/C17H26N2/c1-4-17-16-9-18-8-15(16)11-19(17)10-14-7-5-6-12(2)13(14)3/h5-7,15-18H,4,8-11H2,1-3H3. The summed E-state index contributed by atoms with van der Waals surface area (Å²) in [5.74, 6) is 1.77. The van der Waals surface area contributed by atoms with Gasteiger partial charge in [-0.05, 0) is 61.9 Å². The summed E-state index contributed by atoms with van der Waals surface area (Å²) < 4.78 is 0. The third-order valence-corrected chi connectivity index (χ3v) is 5.33. The van der Waals surface area contributed by atoms with E-state index >= 15 is 0 Å². The van der Waals surface area contributed by atoms with Crippen molar-refractivity contribution in [1.82, 2.24) is 10.2 Å². The van der Waals surface area contributed by atoms with E-state index in [0.29, 0.717) is 0 Å². The molecule has 1 aromatic rings. The van der Waals surface area contributed by atoms with Crippen LogP contribution < -0.4 is 5.32 Å². The molecule has 2 aliphatic rings. The second kappa shape index (κ2) is 5.26. The van der Waals surface area contributed by atoms with Crippen molar-refractivity contribution in [2.45, 2.75) is 39.8 Å². The largest absolute Gasteiger partial charge is 0.316 e. The van der Waals surface area contributed by atoms with Gasteiger partial charge in [-0.1, -0.05) is 25.1 Å². The van der Waals surface area contributed by atoms with E-state index in [1.807, 2.05) is 0 Å². The number of fused-ring (bicyclic) bond motifs is 1. The SMILES string of the molecule is CCC1C2CNCC2CN1Cc1cccc(C)c1C. The van der Waals surface area contributed by atoms with E-state index in [4.69, 9.17) is 0 Å². The predicted molar refractivity (Wildman–Crippen MR) is 80.3 cm³/mol. The molecule has 2 aliphatic heterocycles. The van der Waals surface area contributed by atoms with Crippen molar-refractivity contribution in [2.75, 3.05) is 19.6 Å². The molecule has 3 rings (SSSR count). The van der Waals surface area contributed by atoms with E-state index in [0.717, 1.165) is 24.4 Å². The van der Waals surface area contributed by atoms with Gasteiger partial charge in [0.25, 0.3) is 0 Å². The van der Waals surface area contributed by atoms with E-state index < -0.39 is 0 Å². The fourth-order valence-electron chi connectivity index (χ4n) is 4.06. The molecular weight excluding hydrogens is 232 g/mol. The van der Waals surface area contributed by atoms with Crippen molar-refractivity contribution in [3.63, 3.8) is 0 Å². The molecule has 2 nitrogen and oxygen atoms in total. The molecule has 0 radical (unpaired) electrons. The van der Waals surface area contributed by atoms with Gasteiger partial charge in [0, 0.05) is 19.1 Å². The summed E-state index contributed by atoms with van der Waals surface area (Å²) in [6, 6.07) is 7.51. The molecule has 0 bridgehead atoms. The van der Waals surface area contributed by atoms with E-state index in [1.165, 1.54) is 42.7 Å². The molecule has 3 atom stereocenters. The minimum atomic E-state index is 0.778. The lowest BCUT2D eigenvalue weighted by molar-refractivity contribution is 0.210. The summed E-state index contributed by atoms with van der Waals surface area (Å²) in [6.07, 6.45) is 1.29. The highest BCUT2D eigenvalue weighted by Gasteiger charge is 2.42. The van der Waals surface area contributed by atoms with E-state index in [-0.39, 0.29) is 0 Å². The molecule has 0 amide bonds. The molecule has 19 heavy (non-hydrogen) atoms. The van der Waals surface area contributed by atoms with Crippen molar-refractivity contribution in [3.8, 4) is 0 Å². The predicted octanol–water partition coefficient (Wildman–Crippen LogP) is 2.73. The molecule has 1 N–H and O–H groups in total. The van der Waals surface area contributed by atoms with Gasteiger partial charge >= 0.3 is 0 Å². The highest BCUT2D eigenvalue weighted by Crippen LogP contribution is 2.35. The summed E-state index contributed by atoms with van der Waals surface area (Å²) in [6.45, 7) is 11.7. The van der Waals surface area contributed by atoms with Gasteiger partial charge in [-0.3, -0.25) is 4.90 Å². The summed E-state index contributed by atoms with van der Waals surface area (Å²) in [5, 5.41) is 3.57. The van der Waals surface area contributed by atoms with Crippen LogP contribution in [-0.4, -0.2) is 30.6 Å². The molecule has 104 valence electrons. The Hall–Kier alpha value is -0.860. The number of aryl methyl sites for hydroxylation is 1. The Balaban J connectivity index is 1.78. The summed E-state index contributed by atoms with van der Waals surface area (Å²) in [4.78, 5) is 2.73. The lowest BCUT2D eigenvalue weighted by atomic mass is 9.92. The van der Waals surface area contributed by atoms with Crippen LogP contribution in [0, 0.1) is 25.7 Å². The first-order chi connectivity index (χ1) is 9.20. The van der Waals surface area contributed by atoms with E-state index in [2.05, 4.69) is 49.2 Å². The molecule has 0 spiro atoms. The van der Waals surface area contributed by atoms with Gasteiger partial charge in [-0.25, -0.2) is 0 Å². The Morgan fingerprint density at radius 2 is 2.11 bits per heavy atom. The van der Waals surface area contributed by atoms with Gasteiger partial charge in [0.15, 0.2) is 0 Å². The van der Waals surface area contributed by atoms with Crippen LogP contribution in [0.2, 0.25) is 0 Å². The van der Waals surface area contributed by atoms with Gasteiger partial charge in [0.2, 0.25) is 0 Å². The number of nitrogens with zero attached hydrogens (tertiary/aromatic N) is 1. The van der Waals surface area contributed by atoms with Gasteiger partial charge in [-0.15, -0.1) is 0 Å². The molecule has 2 heterocycles. The molecule has 0 aliphatic carbocycles. The normalized spacial score (nSPS) is 30.8. The van der Waals surface area contributed by atoms with Crippen LogP contribution in [0.3, 0.4) is 0 Å². The van der Waals surface area contributed by atoms with Crippen molar-refractivity contribution in [3.05, 3.63) is 34.9 Å². The number of hydrogen-bond donors (Lipinski definition) is 1. The number of rotatable bonds is 3. The molecule has 2 fully saturated rings. The fourth-order valence-corrected chi connectivity index (χ4v) is 4.06. The van der Waals surface area contributed by atoms with E-state index in [1.54, 1.807) is 0 Å². The Bertz CT molecular complexity index is 455. The lowest BCUT2D eigenvalue weighted by Gasteiger charge is -2.27. The lowest BCUT2D eigenvalue weighted by Crippen LogP contribution is -2.34. The molecule has 3 unspecified atom stereocenters. The zero-order valence-electron chi connectivity index (χ0n) is 12.4. The highest BCUT2D eigenvalue weighted by atomic mass is 15.2. The summed E-state index contributed by atoms with van der Waals surface area (Å²) in [7, 11) is 0. The second-order valence-electron chi connectivity index (χ2n) is 6.35. The number of likely N-dealkylation sites (tertiary alicyclic amines) is 1. The maximum atomic E-state index is 3.57. The highest BCUT2D eigenvalue weighted by molar-refractivity contribution is 5.33. The minimum Gasteiger partial charge on any atom is -0.316 e. The molecular formula is C17H26N2. The third kappa shape index (κ3) is 2.32. The second-order valence-corrected chi connectivity index (χ2v) is 6.35. The first-order valence-electron chi connectivity index (χ1n) is 7.70. The van der Waals surface area contributed by atoms with Crippen molar-refractivity contribution >= 4 is 0 Å². The van der Waals surface area contributed by atoms with Crippen LogP contribution in [0.4, 0.5) is 0 Å². The number of nitrogens with one attached hydrogen (secondary N) is 1. The molecule has 2 heteroatoms. The van der Waals surface area contributed by atoms with E-state index in [9.17, 15) is 0 Å². The smallest absolute Gasteiger partial charge is 0.0239 e.